The number of benzene rings is 2. The lowest BCUT2D eigenvalue weighted by molar-refractivity contribution is -0.137. The van der Waals surface area contributed by atoms with Crippen LogP contribution >= 0.6 is 11.6 Å². The van der Waals surface area contributed by atoms with Crippen molar-refractivity contribution in [2.24, 2.45) is 0 Å². The standard InChI is InChI=1S/C20H13ClF3N5/c21-17-11-14(5-6-16(17)20(22,23)24)29-12-26-19(28-29)15-3-1-2-4-18(15)27-13-7-9-25-10-8-13/h1-12H,(H,25,27). The molecule has 0 aliphatic carbocycles. The summed E-state index contributed by atoms with van der Waals surface area (Å²) in [6.45, 7) is 0. The van der Waals surface area contributed by atoms with Gasteiger partial charge in [0.25, 0.3) is 0 Å². The molecule has 2 aromatic heterocycles. The summed E-state index contributed by atoms with van der Waals surface area (Å²) in [6, 6.07) is 14.5. The number of nitrogens with one attached hydrogen (secondary N) is 1. The van der Waals surface area contributed by atoms with Gasteiger partial charge in [0.1, 0.15) is 6.33 Å². The molecule has 0 aliphatic heterocycles. The monoisotopic (exact) mass is 415 g/mol. The quantitative estimate of drug-likeness (QED) is 0.461. The maximum atomic E-state index is 12.9. The van der Waals surface area contributed by atoms with E-state index in [1.807, 2.05) is 36.4 Å². The molecule has 1 N–H and O–H groups in total. The van der Waals surface area contributed by atoms with Crippen molar-refractivity contribution in [2.45, 2.75) is 6.18 Å². The van der Waals surface area contributed by atoms with Gasteiger partial charge in [-0.15, -0.1) is 5.10 Å². The second kappa shape index (κ2) is 7.56. The fourth-order valence-electron chi connectivity index (χ4n) is 2.77. The van der Waals surface area contributed by atoms with Crippen molar-refractivity contribution < 1.29 is 13.2 Å². The molecule has 4 aromatic rings. The number of alkyl halides is 3. The van der Waals surface area contributed by atoms with Crippen LogP contribution in [0.1, 0.15) is 5.56 Å². The van der Waals surface area contributed by atoms with Crippen molar-refractivity contribution in [1.29, 1.82) is 0 Å². The Morgan fingerprint density at radius 1 is 0.966 bits per heavy atom. The molecule has 2 aromatic carbocycles. The first-order valence-electron chi connectivity index (χ1n) is 8.47. The van der Waals surface area contributed by atoms with Gasteiger partial charge in [0.2, 0.25) is 0 Å². The molecular formula is C20H13ClF3N5. The second-order valence-corrected chi connectivity index (χ2v) is 6.49. The lowest BCUT2D eigenvalue weighted by Gasteiger charge is -2.10. The molecule has 0 unspecified atom stereocenters. The van der Waals surface area contributed by atoms with Gasteiger partial charge in [-0.3, -0.25) is 4.98 Å². The average molecular weight is 416 g/mol. The van der Waals surface area contributed by atoms with Crippen LogP contribution in [0.3, 0.4) is 0 Å². The summed E-state index contributed by atoms with van der Waals surface area (Å²) >= 11 is 5.81. The lowest BCUT2D eigenvalue weighted by atomic mass is 10.1. The van der Waals surface area contributed by atoms with Gasteiger partial charge in [-0.25, -0.2) is 9.67 Å². The molecule has 0 atom stereocenters. The third-order valence-corrected chi connectivity index (χ3v) is 4.45. The van der Waals surface area contributed by atoms with E-state index in [1.54, 1.807) is 12.4 Å². The number of nitrogens with zero attached hydrogens (tertiary/aromatic N) is 4. The molecule has 0 amide bonds. The normalized spacial score (nSPS) is 11.4. The Bertz CT molecular complexity index is 1140. The number of pyridine rings is 1. The van der Waals surface area contributed by atoms with Gasteiger partial charge in [-0.1, -0.05) is 23.7 Å². The fraction of sp³-hybridized carbons (Fsp3) is 0.0500. The van der Waals surface area contributed by atoms with Crippen LogP contribution in [0.15, 0.2) is 73.3 Å². The zero-order valence-electron chi connectivity index (χ0n) is 14.7. The fourth-order valence-corrected chi connectivity index (χ4v) is 3.05. The zero-order valence-corrected chi connectivity index (χ0v) is 15.5. The first kappa shape index (κ1) is 18.9. The first-order chi connectivity index (χ1) is 13.9. The number of aromatic nitrogens is 4. The number of anilines is 2. The Hall–Kier alpha value is -3.39. The average Bonchev–Trinajstić information content (AvgIpc) is 3.18. The van der Waals surface area contributed by atoms with E-state index in [2.05, 4.69) is 20.4 Å². The van der Waals surface area contributed by atoms with Crippen molar-refractivity contribution in [3.63, 3.8) is 0 Å². The number of para-hydroxylation sites is 1. The number of hydrogen-bond acceptors (Lipinski definition) is 4. The molecule has 29 heavy (non-hydrogen) atoms. The van der Waals surface area contributed by atoms with Crippen molar-refractivity contribution in [1.82, 2.24) is 19.7 Å². The summed E-state index contributed by atoms with van der Waals surface area (Å²) in [5.41, 5.74) is 1.85. The highest BCUT2D eigenvalue weighted by Gasteiger charge is 2.33. The van der Waals surface area contributed by atoms with Crippen molar-refractivity contribution in [2.75, 3.05) is 5.32 Å². The third-order valence-electron chi connectivity index (χ3n) is 4.14. The van der Waals surface area contributed by atoms with Crippen molar-refractivity contribution >= 4 is 23.0 Å². The summed E-state index contributed by atoms with van der Waals surface area (Å²) < 4.78 is 40.1. The molecule has 0 bridgehead atoms. The van der Waals surface area contributed by atoms with Crippen LogP contribution in [0.5, 0.6) is 0 Å². The predicted molar refractivity (Wildman–Crippen MR) is 104 cm³/mol. The minimum Gasteiger partial charge on any atom is -0.355 e. The molecule has 2 heterocycles. The highest BCUT2D eigenvalue weighted by atomic mass is 35.5. The van der Waals surface area contributed by atoms with E-state index in [4.69, 9.17) is 11.6 Å². The molecule has 0 saturated heterocycles. The molecule has 0 spiro atoms. The summed E-state index contributed by atoms with van der Waals surface area (Å²) in [7, 11) is 0. The van der Waals surface area contributed by atoms with E-state index in [9.17, 15) is 13.2 Å². The van der Waals surface area contributed by atoms with Gasteiger partial charge < -0.3 is 5.32 Å². The minimum absolute atomic E-state index is 0.376. The van der Waals surface area contributed by atoms with E-state index in [0.29, 0.717) is 11.5 Å². The van der Waals surface area contributed by atoms with E-state index < -0.39 is 16.8 Å². The van der Waals surface area contributed by atoms with Crippen LogP contribution in [0.2, 0.25) is 5.02 Å². The van der Waals surface area contributed by atoms with Crippen LogP contribution < -0.4 is 5.32 Å². The van der Waals surface area contributed by atoms with Crippen LogP contribution in [0.25, 0.3) is 17.1 Å². The van der Waals surface area contributed by atoms with E-state index in [0.717, 1.165) is 23.0 Å². The third kappa shape index (κ3) is 4.07. The van der Waals surface area contributed by atoms with Crippen LogP contribution in [-0.2, 0) is 6.18 Å². The maximum absolute atomic E-state index is 12.9. The van der Waals surface area contributed by atoms with Gasteiger partial charge in [-0.2, -0.15) is 13.2 Å². The van der Waals surface area contributed by atoms with Crippen LogP contribution in [0.4, 0.5) is 24.5 Å². The molecule has 0 radical (unpaired) electrons. The summed E-state index contributed by atoms with van der Waals surface area (Å²) in [5.74, 6) is 0.415. The minimum atomic E-state index is -4.51. The van der Waals surface area contributed by atoms with Crippen LogP contribution in [-0.4, -0.2) is 19.7 Å². The highest BCUT2D eigenvalue weighted by Crippen LogP contribution is 2.35. The van der Waals surface area contributed by atoms with Gasteiger partial charge in [0.15, 0.2) is 5.82 Å². The Kier molecular flexibility index (Phi) is 4.94. The van der Waals surface area contributed by atoms with Gasteiger partial charge in [-0.05, 0) is 42.5 Å². The largest absolute Gasteiger partial charge is 0.417 e. The molecule has 0 aliphatic rings. The molecule has 9 heteroatoms. The first-order valence-corrected chi connectivity index (χ1v) is 8.85. The Balaban J connectivity index is 1.66. The van der Waals surface area contributed by atoms with Gasteiger partial charge in [0.05, 0.1) is 16.3 Å². The molecule has 5 nitrogen and oxygen atoms in total. The lowest BCUT2D eigenvalue weighted by Crippen LogP contribution is -2.06. The van der Waals surface area contributed by atoms with Crippen molar-refractivity contribution in [3.8, 4) is 17.1 Å². The second-order valence-electron chi connectivity index (χ2n) is 6.08. The molecule has 0 saturated carbocycles. The summed E-state index contributed by atoms with van der Waals surface area (Å²) in [6.07, 6.45) is 0.261. The molecule has 146 valence electrons. The number of halogens is 4. The van der Waals surface area contributed by atoms with E-state index >= 15 is 0 Å². The summed E-state index contributed by atoms with van der Waals surface area (Å²) in [4.78, 5) is 8.28. The topological polar surface area (TPSA) is 55.6 Å². The number of hydrogen-bond donors (Lipinski definition) is 1. The maximum Gasteiger partial charge on any atom is 0.417 e. The van der Waals surface area contributed by atoms with Crippen molar-refractivity contribution in [3.05, 3.63) is 83.9 Å². The Morgan fingerprint density at radius 3 is 2.45 bits per heavy atom. The Morgan fingerprint density at radius 2 is 1.72 bits per heavy atom. The molecule has 4 rings (SSSR count). The SMILES string of the molecule is FC(F)(F)c1ccc(-n2cnc(-c3ccccc3Nc3ccncc3)n2)cc1Cl. The Labute approximate surface area is 168 Å². The highest BCUT2D eigenvalue weighted by molar-refractivity contribution is 6.31. The molecule has 0 fully saturated rings. The van der Waals surface area contributed by atoms with Gasteiger partial charge >= 0.3 is 6.18 Å². The zero-order chi connectivity index (χ0) is 20.4. The van der Waals surface area contributed by atoms with E-state index in [-0.39, 0.29) is 0 Å². The smallest absolute Gasteiger partial charge is 0.355 e. The van der Waals surface area contributed by atoms with Gasteiger partial charge in [0, 0.05) is 29.3 Å². The molecular weight excluding hydrogens is 403 g/mol. The van der Waals surface area contributed by atoms with Crippen LogP contribution in [0, 0.1) is 0 Å². The summed E-state index contributed by atoms with van der Waals surface area (Å²) in [5, 5.41) is 7.28. The van der Waals surface area contributed by atoms with E-state index in [1.165, 1.54) is 23.1 Å². The number of rotatable bonds is 4. The predicted octanol–water partition coefficient (Wildman–Crippen LogP) is 5.75.